The molecule has 0 spiro atoms. The number of nitrogens with one attached hydrogen (secondary N) is 3. The van der Waals surface area contributed by atoms with Gasteiger partial charge in [0.05, 0.1) is 10.5 Å². The Labute approximate surface area is 223 Å². The van der Waals surface area contributed by atoms with Gasteiger partial charge >= 0.3 is 0 Å². The molecule has 1 atom stereocenters. The number of nitrogens with zero attached hydrogens (tertiary/aromatic N) is 1. The molecule has 4 aromatic rings. The van der Waals surface area contributed by atoms with Crippen LogP contribution in [0.1, 0.15) is 71.8 Å². The number of pyridine rings is 1. The highest BCUT2D eigenvalue weighted by Crippen LogP contribution is 2.41. The van der Waals surface area contributed by atoms with Crippen LogP contribution in [0.2, 0.25) is 0 Å². The van der Waals surface area contributed by atoms with Crippen LogP contribution in [-0.4, -0.2) is 36.9 Å². The first-order valence-corrected chi connectivity index (χ1v) is 15.0. The van der Waals surface area contributed by atoms with E-state index in [-0.39, 0.29) is 17.9 Å². The summed E-state index contributed by atoms with van der Waals surface area (Å²) in [5, 5.41) is 5.67. The maximum absolute atomic E-state index is 13.8. The van der Waals surface area contributed by atoms with Crippen molar-refractivity contribution in [3.63, 3.8) is 0 Å². The molecule has 0 bridgehead atoms. The lowest BCUT2D eigenvalue weighted by molar-refractivity contribution is 0.0935. The minimum absolute atomic E-state index is 0.142. The van der Waals surface area contributed by atoms with Crippen LogP contribution in [0.3, 0.4) is 0 Å². The van der Waals surface area contributed by atoms with Crippen LogP contribution in [0.4, 0.5) is 0 Å². The van der Waals surface area contributed by atoms with E-state index in [9.17, 15) is 13.2 Å². The van der Waals surface area contributed by atoms with E-state index >= 15 is 0 Å². The van der Waals surface area contributed by atoms with Gasteiger partial charge in [-0.05, 0) is 79.8 Å². The van der Waals surface area contributed by atoms with Gasteiger partial charge in [0.2, 0.25) is 10.0 Å². The average molecular weight is 531 g/mol. The lowest BCUT2D eigenvalue weighted by atomic mass is 9.86. The van der Waals surface area contributed by atoms with Crippen LogP contribution < -0.4 is 10.0 Å². The maximum atomic E-state index is 13.8. The molecule has 1 saturated carbocycles. The Morgan fingerprint density at radius 1 is 1.13 bits per heavy atom. The van der Waals surface area contributed by atoms with Crippen molar-refractivity contribution in [2.75, 3.05) is 6.54 Å². The van der Waals surface area contributed by atoms with Gasteiger partial charge in [-0.25, -0.2) is 13.1 Å². The fraction of sp³-hybridized carbons (Fsp3) is 0.400. The maximum Gasteiger partial charge on any atom is 0.253 e. The standard InChI is InChI=1S/C30H34N4O3S/c1-17(2)14-33-38(36,37)29-24-12-22(34-30(35)26-16-32-28-10-18(3)4-9-23(26)28)8-7-20(24)11-21-15-31-27(13-25(21)29)19-5-6-19/h4,9-11,13,15-17,19,22,32-33H,5-8,12,14H2,1-3H3,(H,34,35). The summed E-state index contributed by atoms with van der Waals surface area (Å²) in [5.41, 5.74) is 5.47. The monoisotopic (exact) mass is 530 g/mol. The summed E-state index contributed by atoms with van der Waals surface area (Å²) in [4.78, 5) is 21.5. The third kappa shape index (κ3) is 4.71. The minimum Gasteiger partial charge on any atom is -0.360 e. The molecule has 2 aromatic heterocycles. The molecule has 3 N–H and O–H groups in total. The molecule has 6 rings (SSSR count). The fourth-order valence-corrected chi connectivity index (χ4v) is 7.28. The highest BCUT2D eigenvalue weighted by Gasteiger charge is 2.32. The molecule has 1 unspecified atom stereocenters. The summed E-state index contributed by atoms with van der Waals surface area (Å²) < 4.78 is 30.4. The molecule has 0 radical (unpaired) electrons. The molecule has 2 heterocycles. The Morgan fingerprint density at radius 2 is 1.95 bits per heavy atom. The SMILES string of the molecule is Cc1ccc2c(C(=O)NC3CCc4cc5cnc(C6CC6)cc5c(S(=O)(=O)NCC(C)C)c4C3)c[nH]c2c1. The highest BCUT2D eigenvalue weighted by atomic mass is 32.2. The number of sulfonamides is 1. The second-order valence-corrected chi connectivity index (χ2v) is 13.1. The molecule has 0 aliphatic heterocycles. The third-order valence-electron chi connectivity index (χ3n) is 7.77. The zero-order valence-electron chi connectivity index (χ0n) is 22.1. The summed E-state index contributed by atoms with van der Waals surface area (Å²) in [6.07, 6.45) is 7.69. The van der Waals surface area contributed by atoms with E-state index in [1.807, 2.05) is 51.2 Å². The summed E-state index contributed by atoms with van der Waals surface area (Å²) >= 11 is 0. The van der Waals surface area contributed by atoms with Gasteiger partial charge in [-0.1, -0.05) is 26.0 Å². The lowest BCUT2D eigenvalue weighted by Gasteiger charge is -2.28. The Kier molecular flexibility index (Phi) is 6.27. The first-order valence-electron chi connectivity index (χ1n) is 13.5. The van der Waals surface area contributed by atoms with E-state index < -0.39 is 10.0 Å². The Hall–Kier alpha value is -3.23. The predicted octanol–water partition coefficient (Wildman–Crippen LogP) is 5.12. The number of hydrogen-bond donors (Lipinski definition) is 3. The first kappa shape index (κ1) is 25.1. The molecule has 2 aliphatic rings. The summed E-state index contributed by atoms with van der Waals surface area (Å²) in [7, 11) is -3.77. The number of carbonyl (C=O) groups is 1. The third-order valence-corrected chi connectivity index (χ3v) is 9.32. The van der Waals surface area contributed by atoms with Gasteiger partial charge < -0.3 is 10.3 Å². The molecule has 2 aliphatic carbocycles. The summed E-state index contributed by atoms with van der Waals surface area (Å²) in [6, 6.07) is 9.91. The number of H-pyrrole nitrogens is 1. The van der Waals surface area contributed by atoms with Crippen molar-refractivity contribution < 1.29 is 13.2 Å². The molecule has 198 valence electrons. The van der Waals surface area contributed by atoms with Crippen LogP contribution >= 0.6 is 0 Å². The van der Waals surface area contributed by atoms with Crippen molar-refractivity contribution >= 4 is 37.6 Å². The number of benzene rings is 2. The van der Waals surface area contributed by atoms with E-state index in [1.165, 1.54) is 0 Å². The van der Waals surface area contributed by atoms with Gasteiger partial charge in [-0.15, -0.1) is 0 Å². The smallest absolute Gasteiger partial charge is 0.253 e. The number of amides is 1. The van der Waals surface area contributed by atoms with Crippen LogP contribution in [0.15, 0.2) is 47.6 Å². The first-order chi connectivity index (χ1) is 18.2. The second kappa shape index (κ2) is 9.50. The second-order valence-electron chi connectivity index (χ2n) is 11.4. The van der Waals surface area contributed by atoms with Crippen LogP contribution in [-0.2, 0) is 22.9 Å². The minimum atomic E-state index is -3.77. The number of aromatic nitrogens is 2. The number of fused-ring (bicyclic) bond motifs is 3. The zero-order chi connectivity index (χ0) is 26.6. The topological polar surface area (TPSA) is 104 Å². The largest absolute Gasteiger partial charge is 0.360 e. The lowest BCUT2D eigenvalue weighted by Crippen LogP contribution is -2.40. The number of hydrogen-bond acceptors (Lipinski definition) is 4. The molecule has 2 aromatic carbocycles. The molecular formula is C30H34N4O3S. The van der Waals surface area contributed by atoms with Gasteiger partial charge in [0.1, 0.15) is 0 Å². The fourth-order valence-electron chi connectivity index (χ4n) is 5.57. The molecular weight excluding hydrogens is 496 g/mol. The normalized spacial score (nSPS) is 17.7. The Morgan fingerprint density at radius 3 is 2.71 bits per heavy atom. The Balaban J connectivity index is 1.37. The van der Waals surface area contributed by atoms with Crippen LogP contribution in [0.25, 0.3) is 21.7 Å². The van der Waals surface area contributed by atoms with E-state index in [2.05, 4.69) is 26.1 Å². The van der Waals surface area contributed by atoms with Gasteiger partial charge in [0.15, 0.2) is 0 Å². The van der Waals surface area contributed by atoms with Crippen molar-refractivity contribution in [3.8, 4) is 0 Å². The molecule has 1 amide bonds. The molecule has 0 saturated heterocycles. The van der Waals surface area contributed by atoms with Gasteiger partial charge in [0, 0.05) is 58.3 Å². The summed E-state index contributed by atoms with van der Waals surface area (Å²) in [5.74, 6) is 0.463. The highest BCUT2D eigenvalue weighted by molar-refractivity contribution is 7.89. The van der Waals surface area contributed by atoms with Crippen molar-refractivity contribution in [2.45, 2.75) is 69.7 Å². The van der Waals surface area contributed by atoms with Gasteiger partial charge in [-0.2, -0.15) is 0 Å². The van der Waals surface area contributed by atoms with Crippen LogP contribution in [0, 0.1) is 12.8 Å². The van der Waals surface area contributed by atoms with Gasteiger partial charge in [-0.3, -0.25) is 9.78 Å². The summed E-state index contributed by atoms with van der Waals surface area (Å²) in [6.45, 7) is 6.38. The molecule has 7 nitrogen and oxygen atoms in total. The van der Waals surface area contributed by atoms with Crippen molar-refractivity contribution in [3.05, 3.63) is 70.7 Å². The predicted molar refractivity (Wildman–Crippen MR) is 150 cm³/mol. The van der Waals surface area contributed by atoms with E-state index in [4.69, 9.17) is 0 Å². The average Bonchev–Trinajstić information content (AvgIpc) is 3.65. The van der Waals surface area contributed by atoms with E-state index in [0.29, 0.717) is 35.8 Å². The number of rotatable bonds is 7. The van der Waals surface area contributed by atoms with Crippen molar-refractivity contribution in [1.82, 2.24) is 20.0 Å². The number of aryl methyl sites for hydroxylation is 2. The van der Waals surface area contributed by atoms with E-state index in [1.54, 1.807) is 6.20 Å². The van der Waals surface area contributed by atoms with Gasteiger partial charge in [0.25, 0.3) is 5.91 Å². The zero-order valence-corrected chi connectivity index (χ0v) is 22.9. The van der Waals surface area contributed by atoms with Crippen molar-refractivity contribution in [2.24, 2.45) is 5.92 Å². The molecule has 8 heteroatoms. The Bertz CT molecular complexity index is 1670. The van der Waals surface area contributed by atoms with Crippen LogP contribution in [0.5, 0.6) is 0 Å². The van der Waals surface area contributed by atoms with E-state index in [0.717, 1.165) is 63.3 Å². The quantitative estimate of drug-likeness (QED) is 0.308. The molecule has 38 heavy (non-hydrogen) atoms. The number of aromatic amines is 1. The van der Waals surface area contributed by atoms with Crippen molar-refractivity contribution in [1.29, 1.82) is 0 Å². The molecule has 1 fully saturated rings. The number of carbonyl (C=O) groups excluding carboxylic acids is 1.